The van der Waals surface area contributed by atoms with Crippen LogP contribution in [0.5, 0.6) is 0 Å². The van der Waals surface area contributed by atoms with E-state index in [-0.39, 0.29) is 5.54 Å². The van der Waals surface area contributed by atoms with Gasteiger partial charge in [-0.25, -0.2) is 9.97 Å². The Kier molecular flexibility index (Phi) is 2.80. The standard InChI is InChI=1S/C13H19N5/c1-13(14)2-4-18(5-3-13)8-10-6-16-12-11(10)7-15-9-17-12/h6-7,9H,2-5,8,14H2,1H3,(H,15,16,17). The number of piperidine rings is 1. The lowest BCUT2D eigenvalue weighted by atomic mass is 9.91. The van der Waals surface area contributed by atoms with Gasteiger partial charge in [-0.1, -0.05) is 0 Å². The van der Waals surface area contributed by atoms with Gasteiger partial charge in [0, 0.05) is 43.0 Å². The lowest BCUT2D eigenvalue weighted by Crippen LogP contribution is -2.47. The number of likely N-dealkylation sites (tertiary alicyclic amines) is 1. The molecule has 3 rings (SSSR count). The van der Waals surface area contributed by atoms with E-state index in [0.717, 1.165) is 43.5 Å². The van der Waals surface area contributed by atoms with Gasteiger partial charge in [-0.15, -0.1) is 0 Å². The molecule has 0 saturated carbocycles. The normalized spacial score (nSPS) is 20.3. The average molecular weight is 245 g/mol. The van der Waals surface area contributed by atoms with Crippen molar-refractivity contribution >= 4 is 11.0 Å². The Hall–Kier alpha value is -1.46. The Morgan fingerprint density at radius 3 is 3.00 bits per heavy atom. The molecule has 0 radical (unpaired) electrons. The summed E-state index contributed by atoms with van der Waals surface area (Å²) in [7, 11) is 0. The van der Waals surface area contributed by atoms with Crippen molar-refractivity contribution in [2.45, 2.75) is 31.8 Å². The molecule has 0 spiro atoms. The molecule has 3 N–H and O–H groups in total. The predicted molar refractivity (Wildman–Crippen MR) is 71.0 cm³/mol. The lowest BCUT2D eigenvalue weighted by molar-refractivity contribution is 0.165. The van der Waals surface area contributed by atoms with E-state index >= 15 is 0 Å². The van der Waals surface area contributed by atoms with Gasteiger partial charge in [-0.2, -0.15) is 0 Å². The molecular formula is C13H19N5. The number of aromatic nitrogens is 3. The van der Waals surface area contributed by atoms with Crippen molar-refractivity contribution in [3.05, 3.63) is 24.3 Å². The van der Waals surface area contributed by atoms with E-state index in [4.69, 9.17) is 5.73 Å². The number of rotatable bonds is 2. The summed E-state index contributed by atoms with van der Waals surface area (Å²) in [6.45, 7) is 5.22. The maximum Gasteiger partial charge on any atom is 0.140 e. The molecule has 0 aromatic carbocycles. The zero-order chi connectivity index (χ0) is 12.6. The van der Waals surface area contributed by atoms with E-state index in [1.807, 2.05) is 12.4 Å². The minimum atomic E-state index is 0.0137. The fourth-order valence-electron chi connectivity index (χ4n) is 2.51. The van der Waals surface area contributed by atoms with Gasteiger partial charge in [0.2, 0.25) is 0 Å². The largest absolute Gasteiger partial charge is 0.346 e. The van der Waals surface area contributed by atoms with Gasteiger partial charge in [0.15, 0.2) is 0 Å². The first-order valence-electron chi connectivity index (χ1n) is 6.41. The highest BCUT2D eigenvalue weighted by Crippen LogP contribution is 2.22. The van der Waals surface area contributed by atoms with E-state index in [1.54, 1.807) is 6.33 Å². The smallest absolute Gasteiger partial charge is 0.140 e. The quantitative estimate of drug-likeness (QED) is 0.836. The highest BCUT2D eigenvalue weighted by atomic mass is 15.1. The zero-order valence-electron chi connectivity index (χ0n) is 10.7. The number of aromatic amines is 1. The highest BCUT2D eigenvalue weighted by Gasteiger charge is 2.26. The van der Waals surface area contributed by atoms with Crippen molar-refractivity contribution < 1.29 is 0 Å². The molecule has 1 saturated heterocycles. The molecule has 96 valence electrons. The number of hydrogen-bond acceptors (Lipinski definition) is 4. The van der Waals surface area contributed by atoms with Crippen LogP contribution in [0.2, 0.25) is 0 Å². The average Bonchev–Trinajstić information content (AvgIpc) is 2.76. The maximum atomic E-state index is 6.15. The third-order valence-electron chi connectivity index (χ3n) is 3.83. The Bertz CT molecular complexity index is 535. The number of nitrogens with two attached hydrogens (primary N) is 1. The summed E-state index contributed by atoms with van der Waals surface area (Å²) in [5, 5.41) is 1.12. The number of fused-ring (bicyclic) bond motifs is 1. The van der Waals surface area contributed by atoms with Gasteiger partial charge in [0.25, 0.3) is 0 Å². The highest BCUT2D eigenvalue weighted by molar-refractivity contribution is 5.78. The molecular weight excluding hydrogens is 226 g/mol. The number of H-pyrrole nitrogens is 1. The van der Waals surface area contributed by atoms with Crippen LogP contribution in [0, 0.1) is 0 Å². The van der Waals surface area contributed by atoms with Gasteiger partial charge < -0.3 is 10.7 Å². The fraction of sp³-hybridized carbons (Fsp3) is 0.538. The molecule has 0 unspecified atom stereocenters. The number of hydrogen-bond donors (Lipinski definition) is 2. The van der Waals surface area contributed by atoms with Gasteiger partial charge in [0.05, 0.1) is 0 Å². The van der Waals surface area contributed by atoms with Crippen LogP contribution in [-0.4, -0.2) is 38.5 Å². The Labute approximate surface area is 106 Å². The second-order valence-corrected chi connectivity index (χ2v) is 5.53. The third kappa shape index (κ3) is 2.23. The molecule has 0 atom stereocenters. The zero-order valence-corrected chi connectivity index (χ0v) is 10.7. The molecule has 0 bridgehead atoms. The SMILES string of the molecule is CC1(N)CCN(Cc2c[nH]c3ncncc23)CC1. The Morgan fingerprint density at radius 2 is 2.22 bits per heavy atom. The maximum absolute atomic E-state index is 6.15. The van der Waals surface area contributed by atoms with Gasteiger partial charge >= 0.3 is 0 Å². The van der Waals surface area contributed by atoms with Crippen molar-refractivity contribution in [3.8, 4) is 0 Å². The second kappa shape index (κ2) is 4.33. The minimum absolute atomic E-state index is 0.0137. The molecule has 18 heavy (non-hydrogen) atoms. The molecule has 2 aromatic rings. The molecule has 1 fully saturated rings. The molecule has 1 aliphatic rings. The second-order valence-electron chi connectivity index (χ2n) is 5.53. The Morgan fingerprint density at radius 1 is 1.44 bits per heavy atom. The van der Waals surface area contributed by atoms with E-state index in [0.29, 0.717) is 0 Å². The summed E-state index contributed by atoms with van der Waals surface area (Å²) in [4.78, 5) is 13.9. The molecule has 3 heterocycles. The molecule has 0 amide bonds. The first kappa shape index (κ1) is 11.6. The van der Waals surface area contributed by atoms with Crippen LogP contribution >= 0.6 is 0 Å². The van der Waals surface area contributed by atoms with Gasteiger partial charge in [-0.3, -0.25) is 4.90 Å². The lowest BCUT2D eigenvalue weighted by Gasteiger charge is -2.36. The summed E-state index contributed by atoms with van der Waals surface area (Å²) >= 11 is 0. The molecule has 5 heteroatoms. The molecule has 0 aliphatic carbocycles. The third-order valence-corrected chi connectivity index (χ3v) is 3.83. The van der Waals surface area contributed by atoms with E-state index in [2.05, 4.69) is 26.8 Å². The van der Waals surface area contributed by atoms with Crippen LogP contribution < -0.4 is 5.73 Å². The first-order chi connectivity index (χ1) is 8.64. The summed E-state index contributed by atoms with van der Waals surface area (Å²) in [5.74, 6) is 0. The van der Waals surface area contributed by atoms with Crippen LogP contribution in [0.4, 0.5) is 0 Å². The summed E-state index contributed by atoms with van der Waals surface area (Å²) in [6, 6.07) is 0. The van der Waals surface area contributed by atoms with Crippen LogP contribution in [0.15, 0.2) is 18.7 Å². The molecule has 5 nitrogen and oxygen atoms in total. The molecule has 1 aliphatic heterocycles. The molecule has 2 aromatic heterocycles. The van der Waals surface area contributed by atoms with Gasteiger partial charge in [0.1, 0.15) is 12.0 Å². The summed E-state index contributed by atoms with van der Waals surface area (Å²) < 4.78 is 0. The van der Waals surface area contributed by atoms with Gasteiger partial charge in [-0.05, 0) is 25.3 Å². The van der Waals surface area contributed by atoms with E-state index < -0.39 is 0 Å². The first-order valence-corrected chi connectivity index (χ1v) is 6.41. The predicted octanol–water partition coefficient (Wildman–Crippen LogP) is 1.27. The van der Waals surface area contributed by atoms with Crippen LogP contribution in [0.3, 0.4) is 0 Å². The number of nitrogens with one attached hydrogen (secondary N) is 1. The monoisotopic (exact) mass is 245 g/mol. The van der Waals surface area contributed by atoms with Crippen LogP contribution in [0.1, 0.15) is 25.3 Å². The van der Waals surface area contributed by atoms with Crippen LogP contribution in [0.25, 0.3) is 11.0 Å². The summed E-state index contributed by atoms with van der Waals surface area (Å²) in [5.41, 5.74) is 8.35. The van der Waals surface area contributed by atoms with E-state index in [1.165, 1.54) is 5.56 Å². The number of nitrogens with zero attached hydrogens (tertiary/aromatic N) is 3. The Balaban J connectivity index is 1.74. The van der Waals surface area contributed by atoms with Crippen molar-refractivity contribution in [1.82, 2.24) is 19.9 Å². The van der Waals surface area contributed by atoms with Crippen molar-refractivity contribution in [1.29, 1.82) is 0 Å². The van der Waals surface area contributed by atoms with Crippen LogP contribution in [-0.2, 0) is 6.54 Å². The van der Waals surface area contributed by atoms with E-state index in [9.17, 15) is 0 Å². The fourth-order valence-corrected chi connectivity index (χ4v) is 2.51. The van der Waals surface area contributed by atoms with Crippen molar-refractivity contribution in [2.24, 2.45) is 5.73 Å². The van der Waals surface area contributed by atoms with Crippen molar-refractivity contribution in [2.75, 3.05) is 13.1 Å². The topological polar surface area (TPSA) is 70.8 Å². The summed E-state index contributed by atoms with van der Waals surface area (Å²) in [6.07, 6.45) is 7.61. The minimum Gasteiger partial charge on any atom is -0.346 e. The van der Waals surface area contributed by atoms with Crippen molar-refractivity contribution in [3.63, 3.8) is 0 Å².